The highest BCUT2D eigenvalue weighted by atomic mass is 16.6. The van der Waals surface area contributed by atoms with E-state index in [0.29, 0.717) is 25.6 Å². The van der Waals surface area contributed by atoms with E-state index in [1.807, 2.05) is 6.07 Å². The number of aromatic hydroxyl groups is 1. The second-order valence-corrected chi connectivity index (χ2v) is 6.29. The van der Waals surface area contributed by atoms with Gasteiger partial charge in [-0.05, 0) is 42.9 Å². The van der Waals surface area contributed by atoms with Gasteiger partial charge in [0.25, 0.3) is 0 Å². The van der Waals surface area contributed by atoms with E-state index in [9.17, 15) is 9.90 Å². The van der Waals surface area contributed by atoms with Gasteiger partial charge in [0.05, 0.1) is 6.61 Å². The van der Waals surface area contributed by atoms with E-state index in [0.717, 1.165) is 31.2 Å². The molecular formula is C19H30O4. The van der Waals surface area contributed by atoms with Crippen molar-refractivity contribution >= 4 is 5.97 Å². The van der Waals surface area contributed by atoms with Crippen LogP contribution in [0.2, 0.25) is 0 Å². The third-order valence-electron chi connectivity index (χ3n) is 3.58. The molecule has 0 aliphatic rings. The van der Waals surface area contributed by atoms with Crippen LogP contribution in [0.5, 0.6) is 5.75 Å². The lowest BCUT2D eigenvalue weighted by Crippen LogP contribution is -2.29. The second kappa shape index (κ2) is 11.1. The Kier molecular flexibility index (Phi) is 9.37. The predicted octanol–water partition coefficient (Wildman–Crippen LogP) is 4.10. The monoisotopic (exact) mass is 322 g/mol. The lowest BCUT2D eigenvalue weighted by Gasteiger charge is -2.17. The third-order valence-corrected chi connectivity index (χ3v) is 3.58. The Hall–Kier alpha value is -1.55. The van der Waals surface area contributed by atoms with Crippen LogP contribution in [-0.4, -0.2) is 30.4 Å². The molecule has 0 bridgehead atoms. The number of ether oxygens (including phenoxy) is 2. The van der Waals surface area contributed by atoms with E-state index < -0.39 is 6.10 Å². The Balaban J connectivity index is 2.57. The highest BCUT2D eigenvalue weighted by Crippen LogP contribution is 2.15. The Labute approximate surface area is 139 Å². The summed E-state index contributed by atoms with van der Waals surface area (Å²) in [6.45, 7) is 7.37. The zero-order valence-corrected chi connectivity index (χ0v) is 14.6. The molecule has 0 fully saturated rings. The molecule has 4 heteroatoms. The molecule has 0 aromatic heterocycles. The molecule has 0 aliphatic heterocycles. The van der Waals surface area contributed by atoms with Crippen LogP contribution in [0.3, 0.4) is 0 Å². The van der Waals surface area contributed by atoms with Gasteiger partial charge in [0.2, 0.25) is 0 Å². The van der Waals surface area contributed by atoms with Crippen molar-refractivity contribution < 1.29 is 19.4 Å². The van der Waals surface area contributed by atoms with Crippen molar-refractivity contribution in [1.29, 1.82) is 0 Å². The number of benzene rings is 1. The topological polar surface area (TPSA) is 55.8 Å². The van der Waals surface area contributed by atoms with Crippen LogP contribution in [-0.2, 0) is 20.7 Å². The summed E-state index contributed by atoms with van der Waals surface area (Å²) >= 11 is 0. The number of hydrogen-bond donors (Lipinski definition) is 1. The van der Waals surface area contributed by atoms with Crippen LogP contribution in [0.15, 0.2) is 24.3 Å². The Bertz CT molecular complexity index is 456. The molecule has 1 aromatic rings. The fraction of sp³-hybridized carbons (Fsp3) is 0.632. The Morgan fingerprint density at radius 1 is 1.22 bits per heavy atom. The van der Waals surface area contributed by atoms with Gasteiger partial charge in [-0.25, -0.2) is 4.79 Å². The molecule has 1 aromatic carbocycles. The molecule has 0 heterocycles. The van der Waals surface area contributed by atoms with E-state index in [2.05, 4.69) is 20.8 Å². The van der Waals surface area contributed by atoms with Crippen molar-refractivity contribution in [2.24, 2.45) is 5.92 Å². The van der Waals surface area contributed by atoms with Gasteiger partial charge in [-0.3, -0.25) is 0 Å². The maximum Gasteiger partial charge on any atom is 0.335 e. The summed E-state index contributed by atoms with van der Waals surface area (Å²) in [4.78, 5) is 12.2. The van der Waals surface area contributed by atoms with E-state index in [4.69, 9.17) is 9.47 Å². The summed E-state index contributed by atoms with van der Waals surface area (Å²) < 4.78 is 11.1. The molecule has 130 valence electrons. The standard InChI is InChI=1S/C19H30O4/c1-4-5-11-23-19(21)18(22-12-7-8-15(2)3)14-16-9-6-10-17(20)13-16/h6,9-10,13,15,18,20H,4-5,7-8,11-12,14H2,1-3H3. The highest BCUT2D eigenvalue weighted by Gasteiger charge is 2.21. The van der Waals surface area contributed by atoms with Gasteiger partial charge >= 0.3 is 5.97 Å². The summed E-state index contributed by atoms with van der Waals surface area (Å²) in [6.07, 6.45) is 3.65. The predicted molar refractivity (Wildman–Crippen MR) is 91.5 cm³/mol. The van der Waals surface area contributed by atoms with Crippen LogP contribution >= 0.6 is 0 Å². The molecule has 23 heavy (non-hydrogen) atoms. The number of unbranched alkanes of at least 4 members (excludes halogenated alkanes) is 1. The van der Waals surface area contributed by atoms with Crippen LogP contribution < -0.4 is 0 Å². The van der Waals surface area contributed by atoms with Gasteiger partial charge < -0.3 is 14.6 Å². The molecular weight excluding hydrogens is 292 g/mol. The van der Waals surface area contributed by atoms with Crippen LogP contribution in [0, 0.1) is 5.92 Å². The van der Waals surface area contributed by atoms with Gasteiger partial charge in [-0.1, -0.05) is 39.3 Å². The molecule has 0 aliphatic carbocycles. The average Bonchev–Trinajstić information content (AvgIpc) is 2.50. The zero-order chi connectivity index (χ0) is 17.1. The molecule has 0 amide bonds. The maximum atomic E-state index is 12.2. The number of carbonyl (C=O) groups excluding carboxylic acids is 1. The Morgan fingerprint density at radius 2 is 2.00 bits per heavy atom. The quantitative estimate of drug-likeness (QED) is 0.492. The van der Waals surface area contributed by atoms with Gasteiger partial charge in [-0.2, -0.15) is 0 Å². The first-order chi connectivity index (χ1) is 11.0. The third kappa shape index (κ3) is 8.60. The summed E-state index contributed by atoms with van der Waals surface area (Å²) in [5, 5.41) is 9.56. The summed E-state index contributed by atoms with van der Waals surface area (Å²) in [5.74, 6) is 0.506. The fourth-order valence-electron chi connectivity index (χ4n) is 2.24. The molecule has 4 nitrogen and oxygen atoms in total. The van der Waals surface area contributed by atoms with Crippen molar-refractivity contribution in [2.75, 3.05) is 13.2 Å². The number of phenolic OH excluding ortho intramolecular Hbond substituents is 1. The van der Waals surface area contributed by atoms with Crippen molar-refractivity contribution in [3.05, 3.63) is 29.8 Å². The Morgan fingerprint density at radius 3 is 2.65 bits per heavy atom. The number of rotatable bonds is 11. The van der Waals surface area contributed by atoms with E-state index >= 15 is 0 Å². The molecule has 1 unspecified atom stereocenters. The van der Waals surface area contributed by atoms with Crippen LogP contribution in [0.25, 0.3) is 0 Å². The van der Waals surface area contributed by atoms with E-state index in [1.54, 1.807) is 18.2 Å². The van der Waals surface area contributed by atoms with Crippen molar-refractivity contribution in [1.82, 2.24) is 0 Å². The van der Waals surface area contributed by atoms with Gasteiger partial charge in [-0.15, -0.1) is 0 Å². The van der Waals surface area contributed by atoms with Crippen molar-refractivity contribution in [3.8, 4) is 5.75 Å². The first-order valence-corrected chi connectivity index (χ1v) is 8.59. The van der Waals surface area contributed by atoms with Crippen LogP contribution in [0.1, 0.15) is 52.0 Å². The molecule has 0 spiro atoms. The molecule has 0 saturated heterocycles. The number of carbonyl (C=O) groups is 1. The van der Waals surface area contributed by atoms with E-state index in [1.165, 1.54) is 0 Å². The van der Waals surface area contributed by atoms with Crippen molar-refractivity contribution in [2.45, 2.75) is 59.0 Å². The smallest absolute Gasteiger partial charge is 0.335 e. The minimum absolute atomic E-state index is 0.195. The minimum Gasteiger partial charge on any atom is -0.508 e. The zero-order valence-electron chi connectivity index (χ0n) is 14.6. The molecule has 0 saturated carbocycles. The normalized spacial score (nSPS) is 12.3. The van der Waals surface area contributed by atoms with Crippen LogP contribution in [0.4, 0.5) is 0 Å². The lowest BCUT2D eigenvalue weighted by molar-refractivity contribution is -0.157. The molecule has 1 atom stereocenters. The molecule has 1 rings (SSSR count). The number of phenols is 1. The lowest BCUT2D eigenvalue weighted by atomic mass is 10.1. The van der Waals surface area contributed by atoms with Gasteiger partial charge in [0, 0.05) is 13.0 Å². The fourth-order valence-corrected chi connectivity index (χ4v) is 2.24. The minimum atomic E-state index is -0.610. The van der Waals surface area contributed by atoms with Gasteiger partial charge in [0.1, 0.15) is 5.75 Å². The number of hydrogen-bond acceptors (Lipinski definition) is 4. The first-order valence-electron chi connectivity index (χ1n) is 8.59. The summed E-state index contributed by atoms with van der Waals surface area (Å²) in [5.41, 5.74) is 0.867. The largest absolute Gasteiger partial charge is 0.508 e. The summed E-state index contributed by atoms with van der Waals surface area (Å²) in [6, 6.07) is 6.91. The van der Waals surface area contributed by atoms with E-state index in [-0.39, 0.29) is 11.7 Å². The highest BCUT2D eigenvalue weighted by molar-refractivity contribution is 5.75. The summed E-state index contributed by atoms with van der Waals surface area (Å²) in [7, 11) is 0. The van der Waals surface area contributed by atoms with Crippen molar-refractivity contribution in [3.63, 3.8) is 0 Å². The average molecular weight is 322 g/mol. The molecule has 0 radical (unpaired) electrons. The SMILES string of the molecule is CCCCOC(=O)C(Cc1cccc(O)c1)OCCCC(C)C. The maximum absolute atomic E-state index is 12.2. The number of esters is 1. The van der Waals surface area contributed by atoms with Gasteiger partial charge in [0.15, 0.2) is 6.10 Å². The molecule has 1 N–H and O–H groups in total. The first kappa shape index (κ1) is 19.5. The second-order valence-electron chi connectivity index (χ2n) is 6.29.